The molecule has 0 aromatic heterocycles. The predicted molar refractivity (Wildman–Crippen MR) is 55.1 cm³/mol. The van der Waals surface area contributed by atoms with Gasteiger partial charge in [0.1, 0.15) is 5.54 Å². The molecule has 0 saturated carbocycles. The van der Waals surface area contributed by atoms with Crippen molar-refractivity contribution < 1.29 is 18.0 Å². The molecule has 0 spiro atoms. The highest BCUT2D eigenvalue weighted by molar-refractivity contribution is 5.85. The number of fused-ring (bicyclic) bond motifs is 3. The standard InChI is InChI=1S/C10H16F3N3O/c11-10(12,13)5-15-9(8(14)17)6-16-3-1-7(9)2-4-16/h7,15H,1-6H2,(H2,14,17). The van der Waals surface area contributed by atoms with Gasteiger partial charge >= 0.3 is 6.18 Å². The number of piperidine rings is 3. The second-order valence-electron chi connectivity index (χ2n) is 4.85. The quantitative estimate of drug-likeness (QED) is 0.747. The molecule has 17 heavy (non-hydrogen) atoms. The van der Waals surface area contributed by atoms with E-state index in [0.717, 1.165) is 25.9 Å². The number of primary amides is 1. The van der Waals surface area contributed by atoms with Gasteiger partial charge in [-0.25, -0.2) is 0 Å². The Bertz CT molecular complexity index is 312. The molecule has 1 amide bonds. The van der Waals surface area contributed by atoms with Crippen molar-refractivity contribution in [1.29, 1.82) is 0 Å². The molecule has 3 aliphatic rings. The van der Waals surface area contributed by atoms with Crippen LogP contribution in [0, 0.1) is 5.92 Å². The number of hydrogen-bond acceptors (Lipinski definition) is 3. The van der Waals surface area contributed by atoms with Gasteiger partial charge in [-0.3, -0.25) is 10.1 Å². The Morgan fingerprint density at radius 3 is 2.35 bits per heavy atom. The minimum Gasteiger partial charge on any atom is -0.368 e. The second-order valence-corrected chi connectivity index (χ2v) is 4.85. The predicted octanol–water partition coefficient (Wildman–Crippen LogP) is 0.0880. The molecule has 0 radical (unpaired) electrons. The molecule has 3 fully saturated rings. The van der Waals surface area contributed by atoms with Crippen molar-refractivity contribution in [2.45, 2.75) is 24.6 Å². The molecule has 1 atom stereocenters. The Morgan fingerprint density at radius 2 is 2.00 bits per heavy atom. The summed E-state index contributed by atoms with van der Waals surface area (Å²) >= 11 is 0. The van der Waals surface area contributed by atoms with Gasteiger partial charge in [0.2, 0.25) is 5.91 Å². The molecule has 1 unspecified atom stereocenters. The maximum atomic E-state index is 12.3. The molecule has 3 aliphatic heterocycles. The van der Waals surface area contributed by atoms with Crippen LogP contribution in [-0.4, -0.2) is 48.7 Å². The van der Waals surface area contributed by atoms with Gasteiger partial charge in [0, 0.05) is 6.54 Å². The van der Waals surface area contributed by atoms with Crippen molar-refractivity contribution in [2.24, 2.45) is 11.7 Å². The molecular formula is C10H16F3N3O. The zero-order valence-corrected chi connectivity index (χ0v) is 9.39. The van der Waals surface area contributed by atoms with E-state index in [-0.39, 0.29) is 5.92 Å². The number of carbonyl (C=O) groups is 1. The van der Waals surface area contributed by atoms with E-state index in [1.165, 1.54) is 0 Å². The van der Waals surface area contributed by atoms with Gasteiger partial charge in [-0.05, 0) is 31.8 Å². The van der Waals surface area contributed by atoms with Crippen molar-refractivity contribution >= 4 is 5.91 Å². The normalized spacial score (nSPS) is 37.1. The third-order valence-electron chi connectivity index (χ3n) is 3.80. The van der Waals surface area contributed by atoms with E-state index in [0.29, 0.717) is 6.54 Å². The number of nitrogens with zero attached hydrogens (tertiary/aromatic N) is 1. The van der Waals surface area contributed by atoms with E-state index >= 15 is 0 Å². The molecule has 3 rings (SSSR count). The topological polar surface area (TPSA) is 58.4 Å². The lowest BCUT2D eigenvalue weighted by molar-refractivity contribution is -0.146. The zero-order chi connectivity index (χ0) is 12.7. The second kappa shape index (κ2) is 4.13. The number of hydrogen-bond donors (Lipinski definition) is 2. The first kappa shape index (κ1) is 12.6. The lowest BCUT2D eigenvalue weighted by Crippen LogP contribution is -2.72. The summed E-state index contributed by atoms with van der Waals surface area (Å²) in [7, 11) is 0. The highest BCUT2D eigenvalue weighted by Crippen LogP contribution is 2.36. The van der Waals surface area contributed by atoms with Crippen LogP contribution < -0.4 is 11.1 Å². The number of alkyl halides is 3. The number of halogens is 3. The van der Waals surface area contributed by atoms with Gasteiger partial charge in [-0.2, -0.15) is 13.2 Å². The fourth-order valence-electron chi connectivity index (χ4n) is 2.89. The van der Waals surface area contributed by atoms with Crippen molar-refractivity contribution in [2.75, 3.05) is 26.2 Å². The fourth-order valence-corrected chi connectivity index (χ4v) is 2.89. The van der Waals surface area contributed by atoms with Crippen molar-refractivity contribution in [3.8, 4) is 0 Å². The summed E-state index contributed by atoms with van der Waals surface area (Å²) in [5.41, 5.74) is 4.12. The Kier molecular flexibility index (Phi) is 3.07. The van der Waals surface area contributed by atoms with E-state index in [9.17, 15) is 18.0 Å². The molecular weight excluding hydrogens is 235 g/mol. The summed E-state index contributed by atoms with van der Waals surface area (Å²) in [4.78, 5) is 13.5. The Hall–Kier alpha value is -0.820. The van der Waals surface area contributed by atoms with Crippen LogP contribution in [0.1, 0.15) is 12.8 Å². The van der Waals surface area contributed by atoms with Gasteiger partial charge in [0.15, 0.2) is 0 Å². The number of nitrogens with two attached hydrogens (primary N) is 1. The smallest absolute Gasteiger partial charge is 0.368 e. The average Bonchev–Trinajstić information content (AvgIpc) is 2.27. The molecule has 0 aromatic rings. The molecule has 7 heteroatoms. The van der Waals surface area contributed by atoms with Crippen LogP contribution >= 0.6 is 0 Å². The lowest BCUT2D eigenvalue weighted by Gasteiger charge is -2.51. The van der Waals surface area contributed by atoms with E-state index in [4.69, 9.17) is 5.73 Å². The first-order chi connectivity index (χ1) is 7.83. The molecule has 0 aromatic carbocycles. The first-order valence-electron chi connectivity index (χ1n) is 5.67. The van der Waals surface area contributed by atoms with Crippen LogP contribution in [0.2, 0.25) is 0 Å². The maximum Gasteiger partial charge on any atom is 0.401 e. The fraction of sp³-hybridized carbons (Fsp3) is 0.900. The van der Waals surface area contributed by atoms with Gasteiger partial charge < -0.3 is 10.6 Å². The van der Waals surface area contributed by atoms with Crippen molar-refractivity contribution in [3.63, 3.8) is 0 Å². The Morgan fingerprint density at radius 1 is 1.41 bits per heavy atom. The summed E-state index contributed by atoms with van der Waals surface area (Å²) in [6.07, 6.45) is -2.87. The first-order valence-corrected chi connectivity index (χ1v) is 5.67. The molecule has 3 N–H and O–H groups in total. The summed E-state index contributed by atoms with van der Waals surface area (Å²) in [6, 6.07) is 0. The third kappa shape index (κ3) is 2.40. The van der Waals surface area contributed by atoms with E-state index in [1.807, 2.05) is 4.90 Å². The summed E-state index contributed by atoms with van der Waals surface area (Å²) in [5, 5.41) is 2.36. The minimum atomic E-state index is -4.32. The molecule has 2 bridgehead atoms. The number of carbonyl (C=O) groups excluding carboxylic acids is 1. The molecule has 98 valence electrons. The maximum absolute atomic E-state index is 12.3. The van der Waals surface area contributed by atoms with Gasteiger partial charge in [0.25, 0.3) is 0 Å². The average molecular weight is 251 g/mol. The van der Waals surface area contributed by atoms with Gasteiger partial charge in [-0.1, -0.05) is 0 Å². The van der Waals surface area contributed by atoms with Crippen molar-refractivity contribution in [3.05, 3.63) is 0 Å². The summed E-state index contributed by atoms with van der Waals surface area (Å²) < 4.78 is 36.8. The number of amides is 1. The highest BCUT2D eigenvalue weighted by Gasteiger charge is 2.51. The molecule has 3 saturated heterocycles. The molecule has 4 nitrogen and oxygen atoms in total. The molecule has 3 heterocycles. The number of nitrogens with one attached hydrogen (secondary N) is 1. The molecule has 0 aliphatic carbocycles. The largest absolute Gasteiger partial charge is 0.401 e. The highest BCUT2D eigenvalue weighted by atomic mass is 19.4. The lowest BCUT2D eigenvalue weighted by atomic mass is 9.72. The van der Waals surface area contributed by atoms with E-state index in [2.05, 4.69) is 5.32 Å². The minimum absolute atomic E-state index is 0.0765. The third-order valence-corrected chi connectivity index (χ3v) is 3.80. The number of rotatable bonds is 3. The van der Waals surface area contributed by atoms with Crippen LogP contribution in [0.4, 0.5) is 13.2 Å². The van der Waals surface area contributed by atoms with E-state index in [1.54, 1.807) is 0 Å². The van der Waals surface area contributed by atoms with Crippen LogP contribution in [-0.2, 0) is 4.79 Å². The van der Waals surface area contributed by atoms with Crippen molar-refractivity contribution in [1.82, 2.24) is 10.2 Å². The van der Waals surface area contributed by atoms with E-state index < -0.39 is 24.2 Å². The Balaban J connectivity index is 2.13. The Labute approximate surface area is 97.3 Å². The zero-order valence-electron chi connectivity index (χ0n) is 9.39. The monoisotopic (exact) mass is 251 g/mol. The van der Waals surface area contributed by atoms with Crippen LogP contribution in [0.25, 0.3) is 0 Å². The van der Waals surface area contributed by atoms with Crippen LogP contribution in [0.5, 0.6) is 0 Å². The van der Waals surface area contributed by atoms with Crippen LogP contribution in [0.3, 0.4) is 0 Å². The van der Waals surface area contributed by atoms with Gasteiger partial charge in [0.05, 0.1) is 6.54 Å². The SMILES string of the molecule is NC(=O)C1(NCC(F)(F)F)CN2CCC1CC2. The van der Waals surface area contributed by atoms with Gasteiger partial charge in [-0.15, -0.1) is 0 Å². The summed E-state index contributed by atoms with van der Waals surface area (Å²) in [6.45, 7) is 0.810. The van der Waals surface area contributed by atoms with Crippen LogP contribution in [0.15, 0.2) is 0 Å². The summed E-state index contributed by atoms with van der Waals surface area (Å²) in [5.74, 6) is -0.747.